The molecule has 0 aliphatic heterocycles. The van der Waals surface area contributed by atoms with E-state index in [1.54, 1.807) is 6.92 Å². The third kappa shape index (κ3) is 3.32. The van der Waals surface area contributed by atoms with Crippen molar-refractivity contribution in [1.82, 2.24) is 15.5 Å². The van der Waals surface area contributed by atoms with Gasteiger partial charge in [-0.3, -0.25) is 14.9 Å². The van der Waals surface area contributed by atoms with E-state index in [4.69, 9.17) is 4.52 Å². The molecule has 0 aliphatic carbocycles. The zero-order chi connectivity index (χ0) is 15.4. The molecule has 2 rings (SSSR count). The van der Waals surface area contributed by atoms with E-state index in [-0.39, 0.29) is 23.8 Å². The van der Waals surface area contributed by atoms with Crippen molar-refractivity contribution >= 4 is 17.3 Å². The van der Waals surface area contributed by atoms with Gasteiger partial charge in [0.2, 0.25) is 5.89 Å². The van der Waals surface area contributed by atoms with E-state index in [9.17, 15) is 14.9 Å². The molecule has 110 valence electrons. The van der Waals surface area contributed by atoms with Crippen LogP contribution < -0.4 is 10.6 Å². The zero-order valence-electron chi connectivity index (χ0n) is 11.4. The third-order valence-electron chi connectivity index (χ3n) is 2.69. The minimum absolute atomic E-state index is 0.136. The van der Waals surface area contributed by atoms with Crippen LogP contribution in [0.4, 0.5) is 11.4 Å². The van der Waals surface area contributed by atoms with Crippen LogP contribution in [0.25, 0.3) is 0 Å². The van der Waals surface area contributed by atoms with Crippen LogP contribution in [0.5, 0.6) is 0 Å². The second-order valence-corrected chi connectivity index (χ2v) is 4.15. The summed E-state index contributed by atoms with van der Waals surface area (Å²) in [5.41, 5.74) is 0.390. The van der Waals surface area contributed by atoms with E-state index in [0.29, 0.717) is 17.3 Å². The minimum Gasteiger partial charge on any atom is -0.372 e. The molecule has 0 unspecified atom stereocenters. The van der Waals surface area contributed by atoms with Crippen LogP contribution >= 0.6 is 0 Å². The fourth-order valence-corrected chi connectivity index (χ4v) is 1.71. The minimum atomic E-state index is -0.530. The lowest BCUT2D eigenvalue weighted by atomic mass is 10.1. The highest BCUT2D eigenvalue weighted by Crippen LogP contribution is 2.25. The van der Waals surface area contributed by atoms with Crippen LogP contribution in [0.1, 0.15) is 22.1 Å². The molecule has 2 N–H and O–H groups in total. The summed E-state index contributed by atoms with van der Waals surface area (Å²) in [6.45, 7) is 1.79. The van der Waals surface area contributed by atoms with E-state index in [1.807, 2.05) is 0 Å². The lowest BCUT2D eigenvalue weighted by Gasteiger charge is -2.07. The molecule has 0 saturated carbocycles. The highest BCUT2D eigenvalue weighted by Gasteiger charge is 2.17. The number of carbonyl (C=O) groups excluding carboxylic acids is 1. The van der Waals surface area contributed by atoms with Crippen LogP contribution in [0.3, 0.4) is 0 Å². The molecule has 2 aromatic rings. The molecular weight excluding hydrogens is 278 g/mol. The standard InChI is InChI=1S/C12H13N5O4/c1-7-15-11(16-21-7)6-14-9-5-8(12(18)13-2)3-4-10(9)17(19)20/h3-5,14H,6H2,1-2H3,(H,13,18). The van der Waals surface area contributed by atoms with E-state index < -0.39 is 4.92 Å². The van der Waals surface area contributed by atoms with Crippen LogP contribution in [-0.2, 0) is 6.54 Å². The van der Waals surface area contributed by atoms with Crippen molar-refractivity contribution in [2.24, 2.45) is 0 Å². The van der Waals surface area contributed by atoms with Gasteiger partial charge in [-0.2, -0.15) is 4.98 Å². The molecule has 1 aromatic carbocycles. The molecule has 9 nitrogen and oxygen atoms in total. The summed E-state index contributed by atoms with van der Waals surface area (Å²) in [5, 5.41) is 20.0. The average Bonchev–Trinajstić information content (AvgIpc) is 2.89. The van der Waals surface area contributed by atoms with Gasteiger partial charge in [0.25, 0.3) is 11.6 Å². The van der Waals surface area contributed by atoms with E-state index >= 15 is 0 Å². The van der Waals surface area contributed by atoms with E-state index in [0.717, 1.165) is 0 Å². The number of aryl methyl sites for hydroxylation is 1. The van der Waals surface area contributed by atoms with Crippen molar-refractivity contribution in [2.45, 2.75) is 13.5 Å². The average molecular weight is 291 g/mol. The van der Waals surface area contributed by atoms with Crippen LogP contribution in [0.2, 0.25) is 0 Å². The number of nitro groups is 1. The number of hydrogen-bond acceptors (Lipinski definition) is 7. The molecule has 0 radical (unpaired) electrons. The Morgan fingerprint density at radius 3 is 2.81 bits per heavy atom. The first-order valence-electron chi connectivity index (χ1n) is 6.05. The van der Waals surface area contributed by atoms with Crippen LogP contribution in [0.15, 0.2) is 22.7 Å². The van der Waals surface area contributed by atoms with Gasteiger partial charge in [-0.15, -0.1) is 0 Å². The number of nitro benzene ring substituents is 1. The third-order valence-corrected chi connectivity index (χ3v) is 2.69. The Kier molecular flexibility index (Phi) is 4.12. The monoisotopic (exact) mass is 291 g/mol. The maximum absolute atomic E-state index is 11.6. The fourth-order valence-electron chi connectivity index (χ4n) is 1.71. The van der Waals surface area contributed by atoms with Crippen molar-refractivity contribution < 1.29 is 14.2 Å². The number of carbonyl (C=O) groups is 1. The molecule has 1 aromatic heterocycles. The topological polar surface area (TPSA) is 123 Å². The first-order valence-corrected chi connectivity index (χ1v) is 6.05. The molecule has 1 heterocycles. The van der Waals surface area contributed by atoms with Gasteiger partial charge in [0, 0.05) is 25.6 Å². The Morgan fingerprint density at radius 2 is 2.24 bits per heavy atom. The van der Waals surface area contributed by atoms with Gasteiger partial charge in [0.15, 0.2) is 5.82 Å². The second-order valence-electron chi connectivity index (χ2n) is 4.15. The molecule has 1 amide bonds. The number of hydrogen-bond donors (Lipinski definition) is 2. The van der Waals surface area contributed by atoms with Crippen molar-refractivity contribution in [1.29, 1.82) is 0 Å². The van der Waals surface area contributed by atoms with E-state index in [2.05, 4.69) is 20.8 Å². The summed E-state index contributed by atoms with van der Waals surface area (Å²) in [6, 6.07) is 4.07. The van der Waals surface area contributed by atoms with Crippen molar-refractivity contribution in [3.8, 4) is 0 Å². The predicted molar refractivity (Wildman–Crippen MR) is 72.8 cm³/mol. The van der Waals surface area contributed by atoms with Crippen molar-refractivity contribution in [3.05, 3.63) is 45.6 Å². The molecule has 0 spiro atoms. The molecule has 0 aliphatic rings. The number of rotatable bonds is 5. The van der Waals surface area contributed by atoms with Crippen LogP contribution in [-0.4, -0.2) is 28.0 Å². The number of nitrogens with zero attached hydrogens (tertiary/aromatic N) is 3. The smallest absolute Gasteiger partial charge is 0.292 e. The maximum atomic E-state index is 11.6. The van der Waals surface area contributed by atoms with E-state index in [1.165, 1.54) is 25.2 Å². The number of nitrogens with one attached hydrogen (secondary N) is 2. The predicted octanol–water partition coefficient (Wildman–Crippen LogP) is 1.26. The fraction of sp³-hybridized carbons (Fsp3) is 0.250. The summed E-state index contributed by atoms with van der Waals surface area (Å²) in [6.07, 6.45) is 0. The van der Waals surface area contributed by atoms with Gasteiger partial charge in [0.1, 0.15) is 5.69 Å². The molecule has 0 atom stereocenters. The molecule has 21 heavy (non-hydrogen) atoms. The Bertz CT molecular complexity index is 682. The summed E-state index contributed by atoms with van der Waals surface area (Å²) < 4.78 is 4.81. The van der Waals surface area contributed by atoms with Gasteiger partial charge in [0.05, 0.1) is 11.5 Å². The Balaban J connectivity index is 2.25. The lowest BCUT2D eigenvalue weighted by Crippen LogP contribution is -2.18. The summed E-state index contributed by atoms with van der Waals surface area (Å²) in [7, 11) is 1.49. The van der Waals surface area contributed by atoms with Crippen molar-refractivity contribution in [2.75, 3.05) is 12.4 Å². The Hall–Kier alpha value is -2.97. The number of benzene rings is 1. The van der Waals surface area contributed by atoms with Gasteiger partial charge in [-0.05, 0) is 12.1 Å². The summed E-state index contributed by atoms with van der Waals surface area (Å²) in [5.74, 6) is 0.441. The molecular formula is C12H13N5O4. The van der Waals surface area contributed by atoms with Crippen molar-refractivity contribution in [3.63, 3.8) is 0 Å². The van der Waals surface area contributed by atoms with Gasteiger partial charge in [-0.1, -0.05) is 5.16 Å². The highest BCUT2D eigenvalue weighted by atomic mass is 16.6. The largest absolute Gasteiger partial charge is 0.372 e. The second kappa shape index (κ2) is 5.99. The lowest BCUT2D eigenvalue weighted by molar-refractivity contribution is -0.384. The first-order chi connectivity index (χ1) is 10.0. The van der Waals surface area contributed by atoms with Gasteiger partial charge < -0.3 is 15.2 Å². The van der Waals surface area contributed by atoms with Gasteiger partial charge >= 0.3 is 0 Å². The molecule has 0 fully saturated rings. The first kappa shape index (κ1) is 14.4. The summed E-state index contributed by atoms with van der Waals surface area (Å²) >= 11 is 0. The number of anilines is 1. The summed E-state index contributed by atoms with van der Waals surface area (Å²) in [4.78, 5) is 26.0. The number of amides is 1. The van der Waals surface area contributed by atoms with Gasteiger partial charge in [-0.25, -0.2) is 0 Å². The number of aromatic nitrogens is 2. The zero-order valence-corrected chi connectivity index (χ0v) is 11.4. The van der Waals surface area contributed by atoms with Crippen LogP contribution in [0, 0.1) is 17.0 Å². The molecule has 0 saturated heterocycles. The normalized spacial score (nSPS) is 10.2. The molecule has 9 heteroatoms. The highest BCUT2D eigenvalue weighted by molar-refractivity contribution is 5.95. The maximum Gasteiger partial charge on any atom is 0.292 e. The Labute approximate surface area is 119 Å². The molecule has 0 bridgehead atoms. The SMILES string of the molecule is CNC(=O)c1ccc([N+](=O)[O-])c(NCc2noc(C)n2)c1. The quantitative estimate of drug-likeness (QED) is 0.627. The Morgan fingerprint density at radius 1 is 1.48 bits per heavy atom.